The highest BCUT2D eigenvalue weighted by Gasteiger charge is 2.15. The first-order valence-corrected chi connectivity index (χ1v) is 7.78. The fourth-order valence-electron chi connectivity index (χ4n) is 2.53. The SMILES string of the molecule is CCCNC(c1ccc(OCC)cc1)c1ccccc1C. The first kappa shape index (κ1) is 15.6. The van der Waals surface area contributed by atoms with E-state index in [1.165, 1.54) is 16.7 Å². The highest BCUT2D eigenvalue weighted by molar-refractivity contribution is 5.38. The van der Waals surface area contributed by atoms with E-state index >= 15 is 0 Å². The minimum absolute atomic E-state index is 0.238. The highest BCUT2D eigenvalue weighted by Crippen LogP contribution is 2.26. The van der Waals surface area contributed by atoms with Gasteiger partial charge in [-0.2, -0.15) is 0 Å². The molecule has 0 aliphatic carbocycles. The molecule has 0 saturated carbocycles. The molecule has 1 N–H and O–H groups in total. The molecule has 2 heteroatoms. The lowest BCUT2D eigenvalue weighted by Gasteiger charge is -2.21. The van der Waals surface area contributed by atoms with Gasteiger partial charge in [-0.25, -0.2) is 0 Å². The third-order valence-corrected chi connectivity index (χ3v) is 3.62. The van der Waals surface area contributed by atoms with E-state index in [1.807, 2.05) is 6.92 Å². The van der Waals surface area contributed by atoms with Crippen LogP contribution in [-0.2, 0) is 0 Å². The average molecular weight is 283 g/mol. The molecule has 2 nitrogen and oxygen atoms in total. The van der Waals surface area contributed by atoms with Crippen LogP contribution in [0.15, 0.2) is 48.5 Å². The zero-order chi connectivity index (χ0) is 15.1. The molecule has 112 valence electrons. The van der Waals surface area contributed by atoms with Crippen molar-refractivity contribution < 1.29 is 4.74 Å². The Labute approximate surface area is 128 Å². The summed E-state index contributed by atoms with van der Waals surface area (Å²) in [5, 5.41) is 3.65. The molecule has 0 amide bonds. The van der Waals surface area contributed by atoms with Gasteiger partial charge in [0, 0.05) is 0 Å². The highest BCUT2D eigenvalue weighted by atomic mass is 16.5. The van der Waals surface area contributed by atoms with Crippen molar-refractivity contribution in [1.29, 1.82) is 0 Å². The monoisotopic (exact) mass is 283 g/mol. The standard InChI is InChI=1S/C19H25NO/c1-4-14-20-19(18-9-7-6-8-15(18)3)16-10-12-17(13-11-16)21-5-2/h6-13,19-20H,4-5,14H2,1-3H3. The van der Waals surface area contributed by atoms with Gasteiger partial charge < -0.3 is 10.1 Å². The lowest BCUT2D eigenvalue weighted by atomic mass is 9.95. The Morgan fingerprint density at radius 1 is 1.00 bits per heavy atom. The summed E-state index contributed by atoms with van der Waals surface area (Å²) in [6.07, 6.45) is 1.12. The van der Waals surface area contributed by atoms with E-state index in [1.54, 1.807) is 0 Å². The van der Waals surface area contributed by atoms with Crippen LogP contribution >= 0.6 is 0 Å². The van der Waals surface area contributed by atoms with Crippen LogP contribution in [0, 0.1) is 6.92 Å². The Morgan fingerprint density at radius 3 is 2.33 bits per heavy atom. The lowest BCUT2D eigenvalue weighted by molar-refractivity contribution is 0.340. The van der Waals surface area contributed by atoms with Gasteiger partial charge in [0.1, 0.15) is 5.75 Å². The zero-order valence-electron chi connectivity index (χ0n) is 13.2. The maximum atomic E-state index is 5.53. The maximum absolute atomic E-state index is 5.53. The van der Waals surface area contributed by atoms with Gasteiger partial charge in [0.25, 0.3) is 0 Å². The van der Waals surface area contributed by atoms with E-state index in [2.05, 4.69) is 67.7 Å². The molecule has 2 aromatic carbocycles. The smallest absolute Gasteiger partial charge is 0.119 e. The second kappa shape index (κ2) is 7.84. The second-order valence-electron chi connectivity index (χ2n) is 5.25. The third kappa shape index (κ3) is 4.08. The van der Waals surface area contributed by atoms with E-state index in [0.717, 1.165) is 18.7 Å². The fraction of sp³-hybridized carbons (Fsp3) is 0.368. The van der Waals surface area contributed by atoms with Crippen LogP contribution in [0.2, 0.25) is 0 Å². The van der Waals surface area contributed by atoms with E-state index in [0.29, 0.717) is 6.61 Å². The first-order valence-electron chi connectivity index (χ1n) is 7.78. The second-order valence-corrected chi connectivity index (χ2v) is 5.25. The van der Waals surface area contributed by atoms with Crippen molar-refractivity contribution in [3.63, 3.8) is 0 Å². The van der Waals surface area contributed by atoms with Crippen molar-refractivity contribution in [1.82, 2.24) is 5.32 Å². The predicted octanol–water partition coefficient (Wildman–Crippen LogP) is 4.48. The van der Waals surface area contributed by atoms with Crippen LogP contribution in [0.25, 0.3) is 0 Å². The number of hydrogen-bond donors (Lipinski definition) is 1. The third-order valence-electron chi connectivity index (χ3n) is 3.62. The molecule has 0 heterocycles. The Morgan fingerprint density at radius 2 is 1.71 bits per heavy atom. The molecular formula is C19H25NO. The maximum Gasteiger partial charge on any atom is 0.119 e. The van der Waals surface area contributed by atoms with Crippen LogP contribution in [0.1, 0.15) is 43.0 Å². The van der Waals surface area contributed by atoms with Crippen molar-refractivity contribution in [3.8, 4) is 5.75 Å². The van der Waals surface area contributed by atoms with Gasteiger partial charge in [-0.1, -0.05) is 43.3 Å². The minimum atomic E-state index is 0.238. The number of nitrogens with one attached hydrogen (secondary N) is 1. The topological polar surface area (TPSA) is 21.3 Å². The van der Waals surface area contributed by atoms with Crippen molar-refractivity contribution in [3.05, 3.63) is 65.2 Å². The number of aryl methyl sites for hydroxylation is 1. The van der Waals surface area contributed by atoms with Crippen LogP contribution in [0.3, 0.4) is 0 Å². The summed E-state index contributed by atoms with van der Waals surface area (Å²) in [6.45, 7) is 8.08. The largest absolute Gasteiger partial charge is 0.494 e. The average Bonchev–Trinajstić information content (AvgIpc) is 2.51. The molecule has 0 radical (unpaired) electrons. The van der Waals surface area contributed by atoms with E-state index in [9.17, 15) is 0 Å². The van der Waals surface area contributed by atoms with Gasteiger partial charge >= 0.3 is 0 Å². The summed E-state index contributed by atoms with van der Waals surface area (Å²) in [5.41, 5.74) is 3.94. The minimum Gasteiger partial charge on any atom is -0.494 e. The van der Waals surface area contributed by atoms with Crippen molar-refractivity contribution in [2.75, 3.05) is 13.2 Å². The van der Waals surface area contributed by atoms with Gasteiger partial charge in [-0.15, -0.1) is 0 Å². The van der Waals surface area contributed by atoms with E-state index in [4.69, 9.17) is 4.74 Å². The molecule has 0 bridgehead atoms. The number of ether oxygens (including phenoxy) is 1. The Balaban J connectivity index is 2.29. The zero-order valence-corrected chi connectivity index (χ0v) is 13.2. The van der Waals surface area contributed by atoms with Crippen LogP contribution in [0.4, 0.5) is 0 Å². The van der Waals surface area contributed by atoms with Crippen LogP contribution in [-0.4, -0.2) is 13.2 Å². The van der Waals surface area contributed by atoms with Crippen molar-refractivity contribution >= 4 is 0 Å². The predicted molar refractivity (Wildman–Crippen MR) is 88.9 cm³/mol. The Kier molecular flexibility index (Phi) is 5.82. The Bertz CT molecular complexity index is 548. The van der Waals surface area contributed by atoms with E-state index in [-0.39, 0.29) is 6.04 Å². The summed E-state index contributed by atoms with van der Waals surface area (Å²) in [4.78, 5) is 0. The van der Waals surface area contributed by atoms with Crippen molar-refractivity contribution in [2.45, 2.75) is 33.2 Å². The number of benzene rings is 2. The molecule has 0 aromatic heterocycles. The lowest BCUT2D eigenvalue weighted by Crippen LogP contribution is -2.23. The van der Waals surface area contributed by atoms with Gasteiger partial charge in [-0.05, 0) is 55.6 Å². The summed E-state index contributed by atoms with van der Waals surface area (Å²) in [7, 11) is 0. The molecule has 0 saturated heterocycles. The van der Waals surface area contributed by atoms with Crippen LogP contribution < -0.4 is 10.1 Å². The molecule has 2 rings (SSSR count). The fourth-order valence-corrected chi connectivity index (χ4v) is 2.53. The first-order chi connectivity index (χ1) is 10.3. The molecule has 1 atom stereocenters. The van der Waals surface area contributed by atoms with Crippen molar-refractivity contribution in [2.24, 2.45) is 0 Å². The molecule has 0 aliphatic heterocycles. The molecule has 0 aliphatic rings. The molecule has 0 fully saturated rings. The van der Waals surface area contributed by atoms with Gasteiger partial charge in [0.05, 0.1) is 12.6 Å². The summed E-state index contributed by atoms with van der Waals surface area (Å²) in [5.74, 6) is 0.931. The van der Waals surface area contributed by atoms with Crippen LogP contribution in [0.5, 0.6) is 5.75 Å². The van der Waals surface area contributed by atoms with E-state index < -0.39 is 0 Å². The van der Waals surface area contributed by atoms with Gasteiger partial charge in [0.15, 0.2) is 0 Å². The molecular weight excluding hydrogens is 258 g/mol. The number of hydrogen-bond acceptors (Lipinski definition) is 2. The Hall–Kier alpha value is -1.80. The van der Waals surface area contributed by atoms with Gasteiger partial charge in [0.2, 0.25) is 0 Å². The van der Waals surface area contributed by atoms with Gasteiger partial charge in [-0.3, -0.25) is 0 Å². The number of rotatable bonds is 7. The summed E-state index contributed by atoms with van der Waals surface area (Å²) >= 11 is 0. The summed E-state index contributed by atoms with van der Waals surface area (Å²) in [6, 6.07) is 17.2. The molecule has 0 spiro atoms. The normalized spacial score (nSPS) is 12.1. The molecule has 1 unspecified atom stereocenters. The quantitative estimate of drug-likeness (QED) is 0.808. The summed E-state index contributed by atoms with van der Waals surface area (Å²) < 4.78 is 5.53. The molecule has 21 heavy (non-hydrogen) atoms. The molecule has 2 aromatic rings.